The van der Waals surface area contributed by atoms with E-state index in [4.69, 9.17) is 0 Å². The molecule has 2 aromatic carbocycles. The molecule has 2 aliphatic heterocycles. The summed E-state index contributed by atoms with van der Waals surface area (Å²) in [4.78, 5) is 5.24. The van der Waals surface area contributed by atoms with Gasteiger partial charge in [-0.1, -0.05) is 42.8 Å². The van der Waals surface area contributed by atoms with Crippen LogP contribution in [0.3, 0.4) is 0 Å². The molecule has 0 aromatic heterocycles. The maximum atomic E-state index is 2.66. The fourth-order valence-electron chi connectivity index (χ4n) is 4.40. The Morgan fingerprint density at radius 2 is 1.20 bits per heavy atom. The van der Waals surface area contributed by atoms with Gasteiger partial charge in [-0.05, 0) is 81.4 Å². The zero-order valence-corrected chi connectivity index (χ0v) is 15.3. The van der Waals surface area contributed by atoms with Gasteiger partial charge in [0, 0.05) is 17.9 Å². The predicted octanol–water partition coefficient (Wildman–Crippen LogP) is 5.19. The molecular weight excluding hydrogens is 304 g/mol. The number of rotatable bonds is 5. The van der Waals surface area contributed by atoms with Crippen LogP contribution in [-0.4, -0.2) is 31.1 Å². The maximum absolute atomic E-state index is 2.66. The molecule has 25 heavy (non-hydrogen) atoms. The van der Waals surface area contributed by atoms with Crippen molar-refractivity contribution in [2.24, 2.45) is 0 Å². The number of nitrogens with zero attached hydrogens (tertiary/aromatic N) is 2. The second-order valence-electron chi connectivity index (χ2n) is 7.52. The van der Waals surface area contributed by atoms with Crippen molar-refractivity contribution in [3.8, 4) is 0 Å². The van der Waals surface area contributed by atoms with E-state index in [1.54, 1.807) is 0 Å². The second-order valence-corrected chi connectivity index (χ2v) is 7.52. The van der Waals surface area contributed by atoms with Gasteiger partial charge in [-0.3, -0.25) is 0 Å². The van der Waals surface area contributed by atoms with E-state index in [1.807, 2.05) is 0 Å². The number of piperidine rings is 1. The number of likely N-dealkylation sites (tertiary alicyclic amines) is 1. The Morgan fingerprint density at radius 3 is 1.84 bits per heavy atom. The monoisotopic (exact) mass is 334 g/mol. The van der Waals surface area contributed by atoms with Crippen LogP contribution in [0.5, 0.6) is 0 Å². The highest BCUT2D eigenvalue weighted by Gasteiger charge is 2.19. The third-order valence-electron chi connectivity index (χ3n) is 5.78. The first-order valence-electron chi connectivity index (χ1n) is 10.1. The van der Waals surface area contributed by atoms with E-state index >= 15 is 0 Å². The molecular formula is C23H30N2. The summed E-state index contributed by atoms with van der Waals surface area (Å²) in [6, 6.07) is 18.0. The summed E-state index contributed by atoms with van der Waals surface area (Å²) in [6.45, 7) is 5.03. The molecule has 132 valence electrons. The van der Waals surface area contributed by atoms with Gasteiger partial charge >= 0.3 is 0 Å². The molecule has 0 unspecified atom stereocenters. The summed E-state index contributed by atoms with van der Waals surface area (Å²) >= 11 is 0. The van der Waals surface area contributed by atoms with Gasteiger partial charge in [0.1, 0.15) is 0 Å². The lowest BCUT2D eigenvalue weighted by Crippen LogP contribution is -2.31. The molecule has 1 fully saturated rings. The molecule has 2 heteroatoms. The largest absolute Gasteiger partial charge is 0.341 e. The molecule has 2 aromatic rings. The first-order valence-corrected chi connectivity index (χ1v) is 10.1. The standard InChI is InChI=1S/C23H30N2/c1-6-16-24(17-7-1)18-8-9-19-25-22-12-4-2-10-20(22)14-15-21-11-3-5-13-23(21)25/h2-5,10-13H,1,6-9,14-19H2. The molecule has 2 heterocycles. The first-order chi connectivity index (χ1) is 12.4. The number of benzene rings is 2. The van der Waals surface area contributed by atoms with E-state index in [1.165, 1.54) is 74.2 Å². The number of aryl methyl sites for hydroxylation is 2. The number of para-hydroxylation sites is 2. The quantitative estimate of drug-likeness (QED) is 0.694. The lowest BCUT2D eigenvalue weighted by molar-refractivity contribution is 0.225. The van der Waals surface area contributed by atoms with Crippen molar-refractivity contribution in [1.82, 2.24) is 4.90 Å². The average molecular weight is 335 g/mol. The Balaban J connectivity index is 1.46. The Labute approximate surface area is 152 Å². The number of hydrogen-bond donors (Lipinski definition) is 0. The molecule has 2 nitrogen and oxygen atoms in total. The Hall–Kier alpha value is -1.80. The van der Waals surface area contributed by atoms with Crippen molar-refractivity contribution in [1.29, 1.82) is 0 Å². The van der Waals surface area contributed by atoms with Crippen LogP contribution in [0.4, 0.5) is 11.4 Å². The van der Waals surface area contributed by atoms with E-state index in [2.05, 4.69) is 58.3 Å². The molecule has 1 saturated heterocycles. The van der Waals surface area contributed by atoms with Crippen molar-refractivity contribution < 1.29 is 0 Å². The minimum atomic E-state index is 1.13. The van der Waals surface area contributed by atoms with Crippen LogP contribution in [0.1, 0.15) is 43.2 Å². The summed E-state index contributed by atoms with van der Waals surface area (Å²) < 4.78 is 0. The normalized spacial score (nSPS) is 17.7. The lowest BCUT2D eigenvalue weighted by atomic mass is 10.0. The van der Waals surface area contributed by atoms with Gasteiger partial charge in [-0.15, -0.1) is 0 Å². The topological polar surface area (TPSA) is 6.48 Å². The Morgan fingerprint density at radius 1 is 0.640 bits per heavy atom. The van der Waals surface area contributed by atoms with Crippen molar-refractivity contribution in [3.63, 3.8) is 0 Å². The fraction of sp³-hybridized carbons (Fsp3) is 0.478. The average Bonchev–Trinajstić information content (AvgIpc) is 2.83. The molecule has 0 atom stereocenters. The van der Waals surface area contributed by atoms with Gasteiger partial charge in [-0.25, -0.2) is 0 Å². The highest BCUT2D eigenvalue weighted by atomic mass is 15.1. The van der Waals surface area contributed by atoms with Crippen molar-refractivity contribution in [2.75, 3.05) is 31.1 Å². The van der Waals surface area contributed by atoms with Crippen LogP contribution >= 0.6 is 0 Å². The first kappa shape index (κ1) is 16.7. The van der Waals surface area contributed by atoms with Crippen molar-refractivity contribution in [3.05, 3.63) is 59.7 Å². The molecule has 0 aliphatic carbocycles. The fourth-order valence-corrected chi connectivity index (χ4v) is 4.40. The zero-order valence-electron chi connectivity index (χ0n) is 15.3. The molecule has 0 spiro atoms. The lowest BCUT2D eigenvalue weighted by Gasteiger charge is -2.29. The van der Waals surface area contributed by atoms with E-state index in [-0.39, 0.29) is 0 Å². The van der Waals surface area contributed by atoms with E-state index in [0.29, 0.717) is 0 Å². The second kappa shape index (κ2) is 8.05. The van der Waals surface area contributed by atoms with Gasteiger partial charge in [0.25, 0.3) is 0 Å². The van der Waals surface area contributed by atoms with Crippen molar-refractivity contribution >= 4 is 11.4 Å². The Bertz CT molecular complexity index is 640. The van der Waals surface area contributed by atoms with Crippen LogP contribution in [0, 0.1) is 0 Å². The van der Waals surface area contributed by atoms with Gasteiger partial charge in [0.2, 0.25) is 0 Å². The van der Waals surface area contributed by atoms with E-state index < -0.39 is 0 Å². The minimum Gasteiger partial charge on any atom is -0.341 e. The molecule has 0 radical (unpaired) electrons. The van der Waals surface area contributed by atoms with Crippen LogP contribution < -0.4 is 4.90 Å². The summed E-state index contributed by atoms with van der Waals surface area (Å²) in [5.41, 5.74) is 5.83. The number of anilines is 2. The maximum Gasteiger partial charge on any atom is 0.0443 e. The van der Waals surface area contributed by atoms with Crippen LogP contribution in [0.25, 0.3) is 0 Å². The molecule has 0 saturated carbocycles. The van der Waals surface area contributed by atoms with Crippen LogP contribution in [0.2, 0.25) is 0 Å². The minimum absolute atomic E-state index is 1.13. The van der Waals surface area contributed by atoms with Gasteiger partial charge in [0.05, 0.1) is 0 Å². The highest BCUT2D eigenvalue weighted by molar-refractivity contribution is 5.71. The molecule has 0 amide bonds. The molecule has 0 bridgehead atoms. The van der Waals surface area contributed by atoms with Gasteiger partial charge < -0.3 is 9.80 Å². The highest BCUT2D eigenvalue weighted by Crippen LogP contribution is 2.35. The molecule has 2 aliphatic rings. The van der Waals surface area contributed by atoms with E-state index in [0.717, 1.165) is 19.4 Å². The third kappa shape index (κ3) is 3.90. The van der Waals surface area contributed by atoms with Gasteiger partial charge in [-0.2, -0.15) is 0 Å². The summed E-state index contributed by atoms with van der Waals surface area (Å²) in [5.74, 6) is 0. The van der Waals surface area contributed by atoms with E-state index in [9.17, 15) is 0 Å². The SMILES string of the molecule is c1ccc2c(c1)CCc1ccccc1N2CCCCN1CCCCC1. The smallest absolute Gasteiger partial charge is 0.0443 e. The van der Waals surface area contributed by atoms with Crippen molar-refractivity contribution in [2.45, 2.75) is 44.9 Å². The third-order valence-corrected chi connectivity index (χ3v) is 5.78. The van der Waals surface area contributed by atoms with Crippen LogP contribution in [0.15, 0.2) is 48.5 Å². The number of fused-ring (bicyclic) bond motifs is 2. The summed E-state index contributed by atoms with van der Waals surface area (Å²) in [5, 5.41) is 0. The predicted molar refractivity (Wildman–Crippen MR) is 107 cm³/mol. The van der Waals surface area contributed by atoms with Gasteiger partial charge in [0.15, 0.2) is 0 Å². The zero-order chi connectivity index (χ0) is 16.9. The summed E-state index contributed by atoms with van der Waals surface area (Å²) in [7, 11) is 0. The summed E-state index contributed by atoms with van der Waals surface area (Å²) in [6.07, 6.45) is 9.09. The number of unbranched alkanes of at least 4 members (excludes halogenated alkanes) is 1. The molecule has 4 rings (SSSR count). The Kier molecular flexibility index (Phi) is 5.37. The molecule has 0 N–H and O–H groups in total. The van der Waals surface area contributed by atoms with Crippen LogP contribution in [-0.2, 0) is 12.8 Å². The number of hydrogen-bond acceptors (Lipinski definition) is 2.